The minimum atomic E-state index is -1.63. The van der Waals surface area contributed by atoms with Crippen molar-refractivity contribution in [2.24, 2.45) is 0 Å². The highest BCUT2D eigenvalue weighted by Gasteiger charge is 2.44. The summed E-state index contributed by atoms with van der Waals surface area (Å²) in [5, 5.41) is 40.7. The number of methoxy groups -OCH3 is 1. The summed E-state index contributed by atoms with van der Waals surface area (Å²) in [4.78, 5) is 23.6. The van der Waals surface area contributed by atoms with Crippen LogP contribution in [0.4, 0.5) is 4.79 Å². The Morgan fingerprint density at radius 1 is 1.15 bits per heavy atom. The molecule has 26 heavy (non-hydrogen) atoms. The van der Waals surface area contributed by atoms with Gasteiger partial charge in [0.25, 0.3) is 0 Å². The maximum Gasteiger partial charge on any atom is 0.408 e. The number of aliphatic hydroxyl groups is 4. The summed E-state index contributed by atoms with van der Waals surface area (Å²) in [6, 6.07) is -1.28. The number of alkyl carbamates (subject to hydrolysis) is 1. The highest BCUT2D eigenvalue weighted by atomic mass is 16.7. The molecule has 0 bridgehead atoms. The summed E-state index contributed by atoms with van der Waals surface area (Å²) < 4.78 is 20.0. The van der Waals surface area contributed by atoms with Gasteiger partial charge in [-0.3, -0.25) is 0 Å². The van der Waals surface area contributed by atoms with Crippen LogP contribution in [0.2, 0.25) is 0 Å². The van der Waals surface area contributed by atoms with Crippen LogP contribution in [0.5, 0.6) is 0 Å². The molecule has 1 amide bonds. The number of aliphatic hydroxyl groups excluding tert-OH is 4. The van der Waals surface area contributed by atoms with E-state index in [0.29, 0.717) is 0 Å². The summed E-state index contributed by atoms with van der Waals surface area (Å²) in [6.45, 7) is 3.83. The molecule has 1 aliphatic heterocycles. The molecule has 1 rings (SSSR count). The Kier molecular flexibility index (Phi) is 8.18. The van der Waals surface area contributed by atoms with Gasteiger partial charge in [-0.25, -0.2) is 9.59 Å². The predicted molar refractivity (Wildman–Crippen MR) is 84.9 cm³/mol. The van der Waals surface area contributed by atoms with Crippen molar-refractivity contribution in [3.05, 3.63) is 0 Å². The Bertz CT molecular complexity index is 478. The summed E-state index contributed by atoms with van der Waals surface area (Å²) in [7, 11) is 1.11. The van der Waals surface area contributed by atoms with E-state index in [9.17, 15) is 24.9 Å². The zero-order valence-electron chi connectivity index (χ0n) is 15.1. The van der Waals surface area contributed by atoms with Gasteiger partial charge in [0.2, 0.25) is 0 Å². The second-order valence-corrected chi connectivity index (χ2v) is 6.75. The monoisotopic (exact) mass is 381 g/mol. The molecule has 6 atom stereocenters. The third-order valence-electron chi connectivity index (χ3n) is 3.45. The van der Waals surface area contributed by atoms with Crippen LogP contribution in [-0.2, 0) is 23.7 Å². The summed E-state index contributed by atoms with van der Waals surface area (Å²) in [6.07, 6.45) is -8.28. The average Bonchev–Trinajstić information content (AvgIpc) is 2.55. The summed E-state index contributed by atoms with van der Waals surface area (Å²) in [5.74, 6) is -0.833. The van der Waals surface area contributed by atoms with Crippen LogP contribution in [0.1, 0.15) is 20.8 Å². The van der Waals surface area contributed by atoms with E-state index in [4.69, 9.17) is 19.3 Å². The van der Waals surface area contributed by atoms with Crippen molar-refractivity contribution in [1.82, 2.24) is 5.32 Å². The maximum absolute atomic E-state index is 11.8. The fourth-order valence-corrected chi connectivity index (χ4v) is 2.16. The minimum absolute atomic E-state index is 0.478. The molecule has 0 aromatic rings. The van der Waals surface area contributed by atoms with Gasteiger partial charge in [-0.05, 0) is 20.8 Å². The highest BCUT2D eigenvalue weighted by molar-refractivity contribution is 5.81. The first-order valence-electron chi connectivity index (χ1n) is 7.99. The third-order valence-corrected chi connectivity index (χ3v) is 3.45. The summed E-state index contributed by atoms with van der Waals surface area (Å²) >= 11 is 0. The third kappa shape index (κ3) is 6.34. The lowest BCUT2D eigenvalue weighted by Gasteiger charge is -2.39. The number of carbonyl (C=O) groups excluding carboxylic acids is 2. The minimum Gasteiger partial charge on any atom is -0.467 e. The van der Waals surface area contributed by atoms with Gasteiger partial charge >= 0.3 is 12.1 Å². The van der Waals surface area contributed by atoms with E-state index >= 15 is 0 Å². The van der Waals surface area contributed by atoms with Gasteiger partial charge in [-0.2, -0.15) is 0 Å². The van der Waals surface area contributed by atoms with Crippen LogP contribution >= 0.6 is 0 Å². The molecule has 152 valence electrons. The molecule has 11 nitrogen and oxygen atoms in total. The number of rotatable bonds is 6. The first-order valence-corrected chi connectivity index (χ1v) is 7.99. The molecular weight excluding hydrogens is 354 g/mol. The normalized spacial score (nSPS) is 30.4. The first kappa shape index (κ1) is 22.5. The second kappa shape index (κ2) is 9.44. The summed E-state index contributed by atoms with van der Waals surface area (Å²) in [5.41, 5.74) is -0.789. The molecule has 0 spiro atoms. The standard InChI is InChI=1S/C15H27NO10/c1-15(2,3)26-14(22)16-7(12(21)23-4)6-24-13-11(20)10(19)9(18)8(5-17)25-13/h7-11,13,17-20H,5-6H2,1-4H3,(H,16,22)/t7?,8-,9+,10+,11-,13-/m1/s1. The number of esters is 1. The molecule has 1 saturated heterocycles. The van der Waals surface area contributed by atoms with Gasteiger partial charge in [-0.15, -0.1) is 0 Å². The van der Waals surface area contributed by atoms with Gasteiger partial charge < -0.3 is 44.7 Å². The number of hydrogen-bond acceptors (Lipinski definition) is 10. The highest BCUT2D eigenvalue weighted by Crippen LogP contribution is 2.22. The predicted octanol–water partition coefficient (Wildman–Crippen LogP) is -2.13. The smallest absolute Gasteiger partial charge is 0.408 e. The maximum atomic E-state index is 11.8. The first-order chi connectivity index (χ1) is 12.0. The van der Waals surface area contributed by atoms with Crippen molar-refractivity contribution in [2.45, 2.75) is 63.1 Å². The molecule has 1 aliphatic rings. The molecule has 11 heteroatoms. The van der Waals surface area contributed by atoms with Crippen LogP contribution in [-0.4, -0.2) is 95.2 Å². The van der Waals surface area contributed by atoms with Crippen molar-refractivity contribution in [1.29, 1.82) is 0 Å². The van der Waals surface area contributed by atoms with Crippen molar-refractivity contribution >= 4 is 12.1 Å². The van der Waals surface area contributed by atoms with E-state index in [1.165, 1.54) is 0 Å². The van der Waals surface area contributed by atoms with E-state index < -0.39 is 67.6 Å². The molecule has 0 aromatic carbocycles. The second-order valence-electron chi connectivity index (χ2n) is 6.75. The average molecular weight is 381 g/mol. The fraction of sp³-hybridized carbons (Fsp3) is 0.867. The molecule has 1 unspecified atom stereocenters. The van der Waals surface area contributed by atoms with Crippen LogP contribution in [0.25, 0.3) is 0 Å². The van der Waals surface area contributed by atoms with Crippen molar-refractivity contribution in [3.8, 4) is 0 Å². The molecular formula is C15H27NO10. The largest absolute Gasteiger partial charge is 0.467 e. The van der Waals surface area contributed by atoms with Gasteiger partial charge in [0, 0.05) is 0 Å². The van der Waals surface area contributed by atoms with Crippen LogP contribution in [0.3, 0.4) is 0 Å². The number of carbonyl (C=O) groups is 2. The molecule has 1 fully saturated rings. The van der Waals surface area contributed by atoms with E-state index in [1.807, 2.05) is 0 Å². The van der Waals surface area contributed by atoms with Gasteiger partial charge in [0.05, 0.1) is 20.3 Å². The molecule has 0 aromatic heterocycles. The lowest BCUT2D eigenvalue weighted by Crippen LogP contribution is -2.60. The number of nitrogens with one attached hydrogen (secondary N) is 1. The molecule has 0 saturated carbocycles. The van der Waals surface area contributed by atoms with Gasteiger partial charge in [0.15, 0.2) is 12.3 Å². The Morgan fingerprint density at radius 3 is 2.27 bits per heavy atom. The SMILES string of the molecule is COC(=O)C(CO[C@@H]1O[C@H](CO)[C@H](O)[C@H](O)[C@H]1O)NC(=O)OC(C)(C)C. The van der Waals surface area contributed by atoms with Crippen LogP contribution < -0.4 is 5.32 Å². The topological polar surface area (TPSA) is 164 Å². The van der Waals surface area contributed by atoms with Gasteiger partial charge in [-0.1, -0.05) is 0 Å². The zero-order chi connectivity index (χ0) is 20.1. The lowest BCUT2D eigenvalue weighted by molar-refractivity contribution is -0.301. The Morgan fingerprint density at radius 2 is 1.77 bits per heavy atom. The molecule has 1 heterocycles. The number of amides is 1. The van der Waals surface area contributed by atoms with Crippen LogP contribution in [0, 0.1) is 0 Å². The molecule has 0 radical (unpaired) electrons. The zero-order valence-corrected chi connectivity index (χ0v) is 15.1. The van der Waals surface area contributed by atoms with E-state index in [0.717, 1.165) is 7.11 Å². The lowest BCUT2D eigenvalue weighted by atomic mass is 9.99. The van der Waals surface area contributed by atoms with Crippen molar-refractivity contribution in [2.75, 3.05) is 20.3 Å². The number of ether oxygens (including phenoxy) is 4. The number of hydrogen-bond donors (Lipinski definition) is 5. The van der Waals surface area contributed by atoms with Crippen molar-refractivity contribution < 1.29 is 49.0 Å². The van der Waals surface area contributed by atoms with Gasteiger partial charge in [0.1, 0.15) is 30.0 Å². The Hall–Kier alpha value is -1.50. The van der Waals surface area contributed by atoms with E-state index in [-0.39, 0.29) is 0 Å². The van der Waals surface area contributed by atoms with E-state index in [2.05, 4.69) is 10.1 Å². The van der Waals surface area contributed by atoms with Crippen molar-refractivity contribution in [3.63, 3.8) is 0 Å². The fourth-order valence-electron chi connectivity index (χ4n) is 2.16. The van der Waals surface area contributed by atoms with E-state index in [1.54, 1.807) is 20.8 Å². The quantitative estimate of drug-likeness (QED) is 0.321. The molecule has 0 aliphatic carbocycles. The molecule has 5 N–H and O–H groups in total. The Balaban J connectivity index is 2.71. The Labute approximate surface area is 150 Å². The van der Waals surface area contributed by atoms with Crippen LogP contribution in [0.15, 0.2) is 0 Å².